The first kappa shape index (κ1) is 11.1. The maximum absolute atomic E-state index is 9.63. The first-order valence-corrected chi connectivity index (χ1v) is 5.81. The Bertz CT molecular complexity index is 460. The predicted octanol–water partition coefficient (Wildman–Crippen LogP) is 2.68. The molecule has 0 aliphatic rings. The topological polar surface area (TPSA) is 46.0 Å². The summed E-state index contributed by atoms with van der Waals surface area (Å²) in [4.78, 5) is 9.28. The fourth-order valence-corrected chi connectivity index (χ4v) is 2.28. The summed E-state index contributed by atoms with van der Waals surface area (Å²) >= 11 is 1.46. The third-order valence-electron chi connectivity index (χ3n) is 2.11. The first-order valence-electron chi connectivity index (χ1n) is 4.99. The minimum atomic E-state index is -0.479. The number of rotatable bonds is 3. The van der Waals surface area contributed by atoms with Crippen molar-refractivity contribution >= 4 is 11.8 Å². The van der Waals surface area contributed by atoms with Gasteiger partial charge >= 0.3 is 0 Å². The van der Waals surface area contributed by atoms with Gasteiger partial charge in [0.25, 0.3) is 0 Å². The van der Waals surface area contributed by atoms with E-state index in [1.54, 1.807) is 25.4 Å². The van der Waals surface area contributed by atoms with Gasteiger partial charge in [0, 0.05) is 17.3 Å². The Labute approximate surface area is 98.6 Å². The van der Waals surface area contributed by atoms with E-state index >= 15 is 0 Å². The number of aliphatic hydroxyl groups excluding tert-OH is 1. The average molecular weight is 232 g/mol. The zero-order valence-corrected chi connectivity index (χ0v) is 9.69. The fraction of sp³-hybridized carbons (Fsp3) is 0.167. The molecule has 0 saturated carbocycles. The lowest BCUT2D eigenvalue weighted by molar-refractivity contribution is 0.196. The molecule has 2 rings (SSSR count). The zero-order chi connectivity index (χ0) is 11.4. The fourth-order valence-electron chi connectivity index (χ4n) is 1.36. The molecule has 3 nitrogen and oxygen atoms in total. The van der Waals surface area contributed by atoms with Crippen LogP contribution in [0.5, 0.6) is 0 Å². The Hall–Kier alpha value is -1.39. The molecule has 0 radical (unpaired) electrons. The molecule has 0 aliphatic heterocycles. The molecule has 0 saturated heterocycles. The highest BCUT2D eigenvalue weighted by atomic mass is 32.2. The van der Waals surface area contributed by atoms with Gasteiger partial charge in [-0.3, -0.25) is 0 Å². The molecule has 1 aromatic heterocycles. The average Bonchev–Trinajstić information content (AvgIpc) is 2.31. The molecule has 1 heterocycles. The summed E-state index contributed by atoms with van der Waals surface area (Å²) in [5.74, 6) is 0. The quantitative estimate of drug-likeness (QED) is 0.826. The van der Waals surface area contributed by atoms with Gasteiger partial charge in [-0.25, -0.2) is 9.97 Å². The Kier molecular flexibility index (Phi) is 3.54. The van der Waals surface area contributed by atoms with Gasteiger partial charge in [-0.1, -0.05) is 18.2 Å². The minimum Gasteiger partial charge on any atom is -0.389 e. The monoisotopic (exact) mass is 232 g/mol. The Balaban J connectivity index is 2.28. The summed E-state index contributed by atoms with van der Waals surface area (Å²) in [5.41, 5.74) is 0.903. The molecule has 0 fully saturated rings. The van der Waals surface area contributed by atoms with E-state index in [0.29, 0.717) is 5.16 Å². The highest BCUT2D eigenvalue weighted by Crippen LogP contribution is 2.30. The van der Waals surface area contributed by atoms with Crippen molar-refractivity contribution in [3.8, 4) is 0 Å². The lowest BCUT2D eigenvalue weighted by atomic mass is 10.1. The van der Waals surface area contributed by atoms with Gasteiger partial charge in [-0.05, 0) is 36.4 Å². The molecule has 0 amide bonds. The lowest BCUT2D eigenvalue weighted by Crippen LogP contribution is -1.94. The van der Waals surface area contributed by atoms with E-state index in [1.165, 1.54) is 11.8 Å². The van der Waals surface area contributed by atoms with E-state index in [9.17, 15) is 5.11 Å². The SMILES string of the molecule is C[C@@H](O)c1ccccc1Sc1ncccn1. The van der Waals surface area contributed by atoms with Crippen LogP contribution in [0.4, 0.5) is 0 Å². The second-order valence-electron chi connectivity index (χ2n) is 3.35. The third-order valence-corrected chi connectivity index (χ3v) is 3.10. The molecule has 1 atom stereocenters. The number of nitrogens with zero attached hydrogens (tertiary/aromatic N) is 2. The third kappa shape index (κ3) is 2.59. The van der Waals surface area contributed by atoms with Crippen LogP contribution in [-0.2, 0) is 0 Å². The van der Waals surface area contributed by atoms with Gasteiger partial charge in [0.2, 0.25) is 0 Å². The number of aromatic nitrogens is 2. The number of hydrogen-bond donors (Lipinski definition) is 1. The van der Waals surface area contributed by atoms with Gasteiger partial charge in [0.1, 0.15) is 0 Å². The molecule has 0 bridgehead atoms. The van der Waals surface area contributed by atoms with Crippen LogP contribution in [0.2, 0.25) is 0 Å². The molecule has 82 valence electrons. The molecule has 0 unspecified atom stereocenters. The maximum Gasteiger partial charge on any atom is 0.192 e. The molecule has 0 aliphatic carbocycles. The van der Waals surface area contributed by atoms with Crippen LogP contribution in [-0.4, -0.2) is 15.1 Å². The van der Waals surface area contributed by atoms with Gasteiger partial charge in [0.05, 0.1) is 6.10 Å². The van der Waals surface area contributed by atoms with Crippen molar-refractivity contribution in [2.45, 2.75) is 23.1 Å². The van der Waals surface area contributed by atoms with E-state index in [-0.39, 0.29) is 0 Å². The van der Waals surface area contributed by atoms with Crippen LogP contribution in [0.3, 0.4) is 0 Å². The molecule has 1 aromatic carbocycles. The van der Waals surface area contributed by atoms with Crippen molar-refractivity contribution in [3.63, 3.8) is 0 Å². The van der Waals surface area contributed by atoms with Crippen molar-refractivity contribution in [1.82, 2.24) is 9.97 Å². The van der Waals surface area contributed by atoms with E-state index in [4.69, 9.17) is 0 Å². The largest absolute Gasteiger partial charge is 0.389 e. The smallest absolute Gasteiger partial charge is 0.192 e. The van der Waals surface area contributed by atoms with E-state index < -0.39 is 6.10 Å². The number of benzene rings is 1. The summed E-state index contributed by atoms with van der Waals surface area (Å²) in [6, 6.07) is 9.51. The van der Waals surface area contributed by atoms with Crippen LogP contribution < -0.4 is 0 Å². The Morgan fingerprint density at radius 3 is 2.50 bits per heavy atom. The van der Waals surface area contributed by atoms with Crippen LogP contribution in [0.25, 0.3) is 0 Å². The highest BCUT2D eigenvalue weighted by molar-refractivity contribution is 7.99. The molecular weight excluding hydrogens is 220 g/mol. The Morgan fingerprint density at radius 2 is 1.81 bits per heavy atom. The summed E-state index contributed by atoms with van der Waals surface area (Å²) in [7, 11) is 0. The van der Waals surface area contributed by atoms with Gasteiger partial charge in [-0.15, -0.1) is 0 Å². The van der Waals surface area contributed by atoms with Crippen molar-refractivity contribution in [3.05, 3.63) is 48.3 Å². The zero-order valence-electron chi connectivity index (χ0n) is 8.87. The minimum absolute atomic E-state index is 0.479. The standard InChI is InChI=1S/C12H12N2OS/c1-9(15)10-5-2-3-6-11(10)16-12-13-7-4-8-14-12/h2-9,15H,1H3/t9-/m1/s1. The van der Waals surface area contributed by atoms with E-state index in [2.05, 4.69) is 9.97 Å². The van der Waals surface area contributed by atoms with Crippen LogP contribution >= 0.6 is 11.8 Å². The molecule has 16 heavy (non-hydrogen) atoms. The molecule has 0 spiro atoms. The van der Waals surface area contributed by atoms with Crippen molar-refractivity contribution in [2.75, 3.05) is 0 Å². The Morgan fingerprint density at radius 1 is 1.12 bits per heavy atom. The van der Waals surface area contributed by atoms with Crippen LogP contribution in [0.1, 0.15) is 18.6 Å². The molecule has 4 heteroatoms. The van der Waals surface area contributed by atoms with Crippen LogP contribution in [0, 0.1) is 0 Å². The summed E-state index contributed by atoms with van der Waals surface area (Å²) < 4.78 is 0. The lowest BCUT2D eigenvalue weighted by Gasteiger charge is -2.09. The molecule has 1 N–H and O–H groups in total. The number of aliphatic hydroxyl groups is 1. The predicted molar refractivity (Wildman–Crippen MR) is 63.2 cm³/mol. The van der Waals surface area contributed by atoms with Gasteiger partial charge in [-0.2, -0.15) is 0 Å². The maximum atomic E-state index is 9.63. The van der Waals surface area contributed by atoms with Crippen molar-refractivity contribution in [1.29, 1.82) is 0 Å². The highest BCUT2D eigenvalue weighted by Gasteiger charge is 2.09. The summed E-state index contributed by atoms with van der Waals surface area (Å²) in [5, 5.41) is 10.3. The normalized spacial score (nSPS) is 12.4. The molecule has 2 aromatic rings. The van der Waals surface area contributed by atoms with E-state index in [0.717, 1.165) is 10.5 Å². The second-order valence-corrected chi connectivity index (χ2v) is 4.36. The van der Waals surface area contributed by atoms with Gasteiger partial charge in [0.15, 0.2) is 5.16 Å². The molecular formula is C12H12N2OS. The number of hydrogen-bond acceptors (Lipinski definition) is 4. The van der Waals surface area contributed by atoms with Crippen LogP contribution in [0.15, 0.2) is 52.8 Å². The van der Waals surface area contributed by atoms with Crippen molar-refractivity contribution < 1.29 is 5.11 Å². The van der Waals surface area contributed by atoms with Crippen molar-refractivity contribution in [2.24, 2.45) is 0 Å². The summed E-state index contributed by atoms with van der Waals surface area (Å²) in [6.07, 6.45) is 2.94. The van der Waals surface area contributed by atoms with E-state index in [1.807, 2.05) is 24.3 Å². The second kappa shape index (κ2) is 5.09. The first-order chi connectivity index (χ1) is 7.77. The van der Waals surface area contributed by atoms with Gasteiger partial charge < -0.3 is 5.11 Å². The summed E-state index contributed by atoms with van der Waals surface area (Å²) in [6.45, 7) is 1.76.